The van der Waals surface area contributed by atoms with Crippen LogP contribution in [0.15, 0.2) is 29.2 Å². The van der Waals surface area contributed by atoms with Gasteiger partial charge in [-0.25, -0.2) is 8.42 Å². The highest BCUT2D eigenvalue weighted by Gasteiger charge is 2.69. The average molecular weight is 472 g/mol. The summed E-state index contributed by atoms with van der Waals surface area (Å²) in [6.07, 6.45) is -13.9. The van der Waals surface area contributed by atoms with E-state index in [1.165, 1.54) is 0 Å². The smallest absolute Gasteiger partial charge is 0.426 e. The zero-order valence-corrected chi connectivity index (χ0v) is 15.9. The lowest BCUT2D eigenvalue weighted by Crippen LogP contribution is -2.57. The molecule has 2 N–H and O–H groups in total. The SMILES string of the molecule is N#Cc1cc(O)cc2c(S(=O)(=O)[O-])cc(COCCC(O)(C(F)(F)F)C(F)(F)F)cc12. The summed E-state index contributed by atoms with van der Waals surface area (Å²) in [5.74, 6) is -0.517. The Morgan fingerprint density at radius 2 is 1.61 bits per heavy atom. The number of aliphatic hydroxyl groups is 1. The zero-order chi connectivity index (χ0) is 23.8. The molecule has 0 spiro atoms. The number of rotatable bonds is 6. The van der Waals surface area contributed by atoms with Crippen molar-refractivity contribution in [1.82, 2.24) is 0 Å². The quantitative estimate of drug-likeness (QED) is 0.375. The van der Waals surface area contributed by atoms with Crippen LogP contribution in [-0.2, 0) is 21.5 Å². The molecule has 7 nitrogen and oxygen atoms in total. The first kappa shape index (κ1) is 24.7. The molecule has 0 heterocycles. The third-order valence-corrected chi connectivity index (χ3v) is 5.16. The lowest BCUT2D eigenvalue weighted by Gasteiger charge is -2.32. The molecule has 0 fully saturated rings. The van der Waals surface area contributed by atoms with Gasteiger partial charge in [-0.3, -0.25) is 0 Å². The molecule has 0 radical (unpaired) electrons. The summed E-state index contributed by atoms with van der Waals surface area (Å²) in [6.45, 7) is -1.97. The van der Waals surface area contributed by atoms with Crippen LogP contribution < -0.4 is 0 Å². The van der Waals surface area contributed by atoms with Crippen LogP contribution >= 0.6 is 0 Å². The molecule has 0 aliphatic heterocycles. The fraction of sp³-hybridized carbons (Fsp3) is 0.353. The van der Waals surface area contributed by atoms with Crippen LogP contribution in [0, 0.1) is 11.3 Å². The molecule has 0 saturated carbocycles. The monoisotopic (exact) mass is 472 g/mol. The Morgan fingerprint density at radius 1 is 1.03 bits per heavy atom. The van der Waals surface area contributed by atoms with Gasteiger partial charge in [0.15, 0.2) is 0 Å². The van der Waals surface area contributed by atoms with E-state index in [0.717, 1.165) is 24.3 Å². The summed E-state index contributed by atoms with van der Waals surface area (Å²) >= 11 is 0. The number of phenols is 1. The van der Waals surface area contributed by atoms with Gasteiger partial charge < -0.3 is 19.5 Å². The Morgan fingerprint density at radius 3 is 2.10 bits per heavy atom. The minimum absolute atomic E-state index is 0.113. The number of alkyl halides is 6. The van der Waals surface area contributed by atoms with Crippen LogP contribution in [-0.4, -0.2) is 47.7 Å². The fourth-order valence-electron chi connectivity index (χ4n) is 2.71. The first-order valence-corrected chi connectivity index (χ1v) is 9.51. The second kappa shape index (κ2) is 8.15. The van der Waals surface area contributed by atoms with Crippen LogP contribution in [0.1, 0.15) is 17.5 Å². The molecular weight excluding hydrogens is 460 g/mol. The predicted molar refractivity (Wildman–Crippen MR) is 89.6 cm³/mol. The van der Waals surface area contributed by atoms with E-state index in [9.17, 15) is 44.4 Å². The predicted octanol–water partition coefficient (Wildman–Crippen LogP) is 3.08. The van der Waals surface area contributed by atoms with Crippen molar-refractivity contribution in [3.05, 3.63) is 35.4 Å². The number of fused-ring (bicyclic) bond motifs is 1. The Hall–Kier alpha value is -2.60. The van der Waals surface area contributed by atoms with Gasteiger partial charge in [-0.15, -0.1) is 0 Å². The first-order chi connectivity index (χ1) is 14.0. The molecule has 2 aromatic carbocycles. The Labute approximate surface area is 170 Å². The molecule has 0 saturated heterocycles. The van der Waals surface area contributed by atoms with Gasteiger partial charge in [0.05, 0.1) is 29.7 Å². The molecule has 0 bridgehead atoms. The summed E-state index contributed by atoms with van der Waals surface area (Å²) in [4.78, 5) is -0.877. The second-order valence-corrected chi connectivity index (χ2v) is 7.75. The topological polar surface area (TPSA) is 131 Å². The second-order valence-electron chi connectivity index (χ2n) is 6.41. The van der Waals surface area contributed by atoms with E-state index in [1.54, 1.807) is 6.07 Å². The van der Waals surface area contributed by atoms with Crippen LogP contribution in [0.3, 0.4) is 0 Å². The molecule has 31 heavy (non-hydrogen) atoms. The van der Waals surface area contributed by atoms with E-state index in [1.807, 2.05) is 0 Å². The van der Waals surface area contributed by atoms with Gasteiger partial charge in [-0.1, -0.05) is 0 Å². The molecule has 0 aliphatic rings. The van der Waals surface area contributed by atoms with Crippen molar-refractivity contribution in [2.45, 2.75) is 35.9 Å². The van der Waals surface area contributed by atoms with Gasteiger partial charge in [0.25, 0.3) is 5.60 Å². The van der Waals surface area contributed by atoms with Crippen molar-refractivity contribution < 1.29 is 54.3 Å². The van der Waals surface area contributed by atoms with E-state index in [-0.39, 0.29) is 21.9 Å². The van der Waals surface area contributed by atoms with E-state index < -0.39 is 58.4 Å². The molecule has 170 valence electrons. The van der Waals surface area contributed by atoms with E-state index in [0.29, 0.717) is 0 Å². The maximum absolute atomic E-state index is 12.6. The average Bonchev–Trinajstić information content (AvgIpc) is 2.61. The number of hydrogen-bond acceptors (Lipinski definition) is 7. The van der Waals surface area contributed by atoms with Gasteiger partial charge >= 0.3 is 12.4 Å². The van der Waals surface area contributed by atoms with Crippen molar-refractivity contribution in [2.75, 3.05) is 6.61 Å². The minimum Gasteiger partial charge on any atom is -0.744 e. The number of benzene rings is 2. The first-order valence-electron chi connectivity index (χ1n) is 8.10. The van der Waals surface area contributed by atoms with Crippen molar-refractivity contribution in [3.8, 4) is 11.8 Å². The van der Waals surface area contributed by atoms with Crippen LogP contribution in [0.2, 0.25) is 0 Å². The third kappa shape index (κ3) is 5.01. The van der Waals surface area contributed by atoms with Crippen LogP contribution in [0.25, 0.3) is 10.8 Å². The highest BCUT2D eigenvalue weighted by atomic mass is 32.2. The summed E-state index contributed by atoms with van der Waals surface area (Å²) in [7, 11) is -5.15. The summed E-state index contributed by atoms with van der Waals surface area (Å²) < 4.78 is 115. The summed E-state index contributed by atoms with van der Waals surface area (Å²) in [5.41, 5.74) is -5.42. The van der Waals surface area contributed by atoms with E-state index in [4.69, 9.17) is 15.1 Å². The zero-order valence-electron chi connectivity index (χ0n) is 15.1. The van der Waals surface area contributed by atoms with E-state index >= 15 is 0 Å². The summed E-state index contributed by atoms with van der Waals surface area (Å²) in [5, 5.41) is 27.4. The number of hydrogen-bond donors (Lipinski definition) is 2. The van der Waals surface area contributed by atoms with Gasteiger partial charge in [0, 0.05) is 17.2 Å². The molecule has 2 rings (SSSR count). The molecular formula is C17H12F6NO6S-. The number of phenolic OH excluding ortho intramolecular Hbond substituents is 1. The summed E-state index contributed by atoms with van der Waals surface area (Å²) in [6, 6.07) is 5.40. The number of halogens is 6. The molecule has 0 amide bonds. The van der Waals surface area contributed by atoms with Crippen LogP contribution in [0.4, 0.5) is 26.3 Å². The van der Waals surface area contributed by atoms with Gasteiger partial charge in [-0.05, 0) is 29.8 Å². The fourth-order valence-corrected chi connectivity index (χ4v) is 3.44. The van der Waals surface area contributed by atoms with Crippen molar-refractivity contribution >= 4 is 20.9 Å². The standard InChI is InChI=1S/C17H13F6NO6S/c18-16(19,20)15(26,17(21,22)23)1-2-30-8-9-3-12-10(7-24)5-11(25)6-13(12)14(4-9)31(27,28)29/h3-6,25-26H,1-2,8H2,(H,27,28,29)/p-1. The van der Waals surface area contributed by atoms with Crippen LogP contribution in [0.5, 0.6) is 5.75 Å². The number of nitrogens with zero attached hydrogens (tertiary/aromatic N) is 1. The highest BCUT2D eigenvalue weighted by molar-refractivity contribution is 7.86. The number of aromatic hydroxyl groups is 1. The third-order valence-electron chi connectivity index (χ3n) is 4.28. The minimum atomic E-state index is -6.02. The maximum atomic E-state index is 12.6. The highest BCUT2D eigenvalue weighted by Crippen LogP contribution is 2.45. The number of ether oxygens (including phenoxy) is 1. The lowest BCUT2D eigenvalue weighted by atomic mass is 9.99. The Balaban J connectivity index is 2.35. The molecule has 0 aliphatic carbocycles. The van der Waals surface area contributed by atoms with Gasteiger partial charge in [-0.2, -0.15) is 31.6 Å². The van der Waals surface area contributed by atoms with Crippen molar-refractivity contribution in [2.24, 2.45) is 0 Å². The van der Waals surface area contributed by atoms with E-state index in [2.05, 4.69) is 0 Å². The van der Waals surface area contributed by atoms with Gasteiger partial charge in [0.1, 0.15) is 15.9 Å². The molecule has 0 unspecified atom stereocenters. The molecule has 2 aromatic rings. The lowest BCUT2D eigenvalue weighted by molar-refractivity contribution is -0.371. The molecule has 0 atom stereocenters. The molecule has 0 aromatic heterocycles. The Kier molecular flexibility index (Phi) is 6.49. The van der Waals surface area contributed by atoms with Gasteiger partial charge in [0.2, 0.25) is 0 Å². The van der Waals surface area contributed by atoms with Crippen molar-refractivity contribution in [1.29, 1.82) is 5.26 Å². The normalized spacial score (nSPS) is 13.4. The largest absolute Gasteiger partial charge is 0.744 e. The Bertz CT molecular complexity index is 1120. The number of nitriles is 1. The molecule has 14 heteroatoms. The van der Waals surface area contributed by atoms with Crippen molar-refractivity contribution in [3.63, 3.8) is 0 Å². The maximum Gasteiger partial charge on any atom is 0.426 e.